The molecule has 3 heterocycles. The second-order valence-corrected chi connectivity index (χ2v) is 5.88. The van der Waals surface area contributed by atoms with E-state index in [1.54, 1.807) is 48.3 Å². The van der Waals surface area contributed by atoms with Crippen LogP contribution < -0.4 is 10.6 Å². The SMILES string of the molecule is COCCCNC(=O)c1nc(C(=O)NCc2ccncc2)c2ccccn12. The van der Waals surface area contributed by atoms with Crippen molar-refractivity contribution in [2.45, 2.75) is 13.0 Å². The van der Waals surface area contributed by atoms with Crippen LogP contribution in [0, 0.1) is 0 Å². The van der Waals surface area contributed by atoms with E-state index >= 15 is 0 Å². The third-order valence-corrected chi connectivity index (χ3v) is 3.98. The molecule has 0 fully saturated rings. The fourth-order valence-corrected chi connectivity index (χ4v) is 2.63. The Balaban J connectivity index is 1.77. The highest BCUT2D eigenvalue weighted by molar-refractivity contribution is 6.02. The van der Waals surface area contributed by atoms with Crippen LogP contribution in [0.5, 0.6) is 0 Å². The number of hydrogen-bond donors (Lipinski definition) is 2. The first-order valence-corrected chi connectivity index (χ1v) is 8.62. The van der Waals surface area contributed by atoms with Crippen LogP contribution in [0.4, 0.5) is 0 Å². The molecule has 0 aromatic carbocycles. The number of carbonyl (C=O) groups excluding carboxylic acids is 2. The maximum absolute atomic E-state index is 12.6. The first-order chi connectivity index (χ1) is 13.2. The van der Waals surface area contributed by atoms with E-state index in [1.807, 2.05) is 12.1 Å². The number of aromatic nitrogens is 3. The molecule has 8 nitrogen and oxygen atoms in total. The van der Waals surface area contributed by atoms with Crippen molar-refractivity contribution in [3.05, 3.63) is 66.0 Å². The monoisotopic (exact) mass is 367 g/mol. The van der Waals surface area contributed by atoms with Gasteiger partial charge in [-0.3, -0.25) is 19.0 Å². The van der Waals surface area contributed by atoms with E-state index in [1.165, 1.54) is 0 Å². The van der Waals surface area contributed by atoms with Gasteiger partial charge in [0.25, 0.3) is 11.8 Å². The molecule has 0 aliphatic heterocycles. The van der Waals surface area contributed by atoms with E-state index in [0.717, 1.165) is 5.56 Å². The van der Waals surface area contributed by atoms with Gasteiger partial charge in [0.05, 0.1) is 5.52 Å². The van der Waals surface area contributed by atoms with E-state index < -0.39 is 0 Å². The van der Waals surface area contributed by atoms with Gasteiger partial charge in [0.15, 0.2) is 5.69 Å². The van der Waals surface area contributed by atoms with E-state index in [0.29, 0.717) is 31.6 Å². The Morgan fingerprint density at radius 3 is 2.70 bits per heavy atom. The van der Waals surface area contributed by atoms with Crippen molar-refractivity contribution in [2.75, 3.05) is 20.3 Å². The average Bonchev–Trinajstić information content (AvgIpc) is 3.10. The fourth-order valence-electron chi connectivity index (χ4n) is 2.63. The molecule has 0 spiro atoms. The summed E-state index contributed by atoms with van der Waals surface area (Å²) in [5.41, 5.74) is 1.72. The number of pyridine rings is 2. The molecule has 0 aliphatic rings. The maximum Gasteiger partial charge on any atom is 0.287 e. The molecule has 0 radical (unpaired) electrons. The van der Waals surface area contributed by atoms with Gasteiger partial charge in [-0.1, -0.05) is 6.07 Å². The van der Waals surface area contributed by atoms with Crippen molar-refractivity contribution in [1.29, 1.82) is 0 Å². The van der Waals surface area contributed by atoms with Crippen molar-refractivity contribution in [1.82, 2.24) is 25.0 Å². The third-order valence-electron chi connectivity index (χ3n) is 3.98. The highest BCUT2D eigenvalue weighted by Crippen LogP contribution is 2.13. The van der Waals surface area contributed by atoms with Crippen molar-refractivity contribution in [3.8, 4) is 0 Å². The lowest BCUT2D eigenvalue weighted by Crippen LogP contribution is -2.27. The summed E-state index contributed by atoms with van der Waals surface area (Å²) in [4.78, 5) is 33.3. The van der Waals surface area contributed by atoms with Crippen LogP contribution in [-0.2, 0) is 11.3 Å². The molecule has 3 aromatic heterocycles. The molecular formula is C19H21N5O3. The molecule has 3 aromatic rings. The molecule has 2 amide bonds. The van der Waals surface area contributed by atoms with Gasteiger partial charge in [0.2, 0.25) is 5.82 Å². The minimum atomic E-state index is -0.339. The lowest BCUT2D eigenvalue weighted by molar-refractivity contribution is 0.0937. The summed E-state index contributed by atoms with van der Waals surface area (Å²) in [6.07, 6.45) is 5.75. The van der Waals surface area contributed by atoms with Gasteiger partial charge in [0, 0.05) is 45.4 Å². The number of methoxy groups -OCH3 is 1. The number of nitrogens with zero attached hydrogens (tertiary/aromatic N) is 3. The molecule has 27 heavy (non-hydrogen) atoms. The Bertz CT molecular complexity index is 923. The van der Waals surface area contributed by atoms with Gasteiger partial charge in [-0.2, -0.15) is 0 Å². The number of ether oxygens (including phenoxy) is 1. The van der Waals surface area contributed by atoms with Gasteiger partial charge >= 0.3 is 0 Å². The van der Waals surface area contributed by atoms with Crippen LogP contribution in [0.2, 0.25) is 0 Å². The number of carbonyl (C=O) groups is 2. The van der Waals surface area contributed by atoms with Gasteiger partial charge < -0.3 is 15.4 Å². The Morgan fingerprint density at radius 1 is 1.11 bits per heavy atom. The summed E-state index contributed by atoms with van der Waals surface area (Å²) in [5, 5.41) is 5.62. The summed E-state index contributed by atoms with van der Waals surface area (Å²) in [7, 11) is 1.61. The summed E-state index contributed by atoms with van der Waals surface area (Å²) >= 11 is 0. The predicted molar refractivity (Wildman–Crippen MR) is 99.4 cm³/mol. The molecule has 0 saturated carbocycles. The van der Waals surface area contributed by atoms with E-state index in [2.05, 4.69) is 20.6 Å². The quantitative estimate of drug-likeness (QED) is 0.587. The van der Waals surface area contributed by atoms with E-state index in [-0.39, 0.29) is 23.3 Å². The lowest BCUT2D eigenvalue weighted by Gasteiger charge is -2.03. The molecule has 0 bridgehead atoms. The zero-order valence-corrected chi connectivity index (χ0v) is 15.0. The van der Waals surface area contributed by atoms with Crippen LogP contribution in [0.1, 0.15) is 33.1 Å². The lowest BCUT2D eigenvalue weighted by atomic mass is 10.2. The highest BCUT2D eigenvalue weighted by Gasteiger charge is 2.21. The molecule has 0 aliphatic carbocycles. The number of imidazole rings is 1. The van der Waals surface area contributed by atoms with Crippen LogP contribution >= 0.6 is 0 Å². The minimum absolute atomic E-state index is 0.178. The molecule has 8 heteroatoms. The molecule has 0 unspecified atom stereocenters. The highest BCUT2D eigenvalue weighted by atomic mass is 16.5. The topological polar surface area (TPSA) is 97.6 Å². The molecule has 0 atom stereocenters. The first-order valence-electron chi connectivity index (χ1n) is 8.62. The molecule has 2 N–H and O–H groups in total. The summed E-state index contributed by atoms with van der Waals surface area (Å²) < 4.78 is 6.59. The van der Waals surface area contributed by atoms with Crippen molar-refractivity contribution < 1.29 is 14.3 Å². The number of nitrogens with one attached hydrogen (secondary N) is 2. The summed E-state index contributed by atoms with van der Waals surface area (Å²) in [5.74, 6) is -0.494. The van der Waals surface area contributed by atoms with Crippen LogP contribution in [0.3, 0.4) is 0 Å². The zero-order chi connectivity index (χ0) is 19.1. The smallest absolute Gasteiger partial charge is 0.287 e. The van der Waals surface area contributed by atoms with Crippen molar-refractivity contribution in [3.63, 3.8) is 0 Å². The first kappa shape index (κ1) is 18.5. The van der Waals surface area contributed by atoms with Gasteiger partial charge in [-0.05, 0) is 36.2 Å². The Labute approximate surface area is 156 Å². The summed E-state index contributed by atoms with van der Waals surface area (Å²) in [6, 6.07) is 9.00. The average molecular weight is 367 g/mol. The van der Waals surface area contributed by atoms with Crippen molar-refractivity contribution >= 4 is 17.3 Å². The van der Waals surface area contributed by atoms with Crippen molar-refractivity contribution in [2.24, 2.45) is 0 Å². The third kappa shape index (κ3) is 4.48. The largest absolute Gasteiger partial charge is 0.385 e. The Morgan fingerprint density at radius 2 is 1.93 bits per heavy atom. The molecule has 3 rings (SSSR count). The van der Waals surface area contributed by atoms with Gasteiger partial charge in [-0.25, -0.2) is 4.98 Å². The number of fused-ring (bicyclic) bond motifs is 1. The molecule has 140 valence electrons. The second kappa shape index (κ2) is 8.91. The minimum Gasteiger partial charge on any atom is -0.385 e. The van der Waals surface area contributed by atoms with E-state index in [9.17, 15) is 9.59 Å². The normalized spacial score (nSPS) is 10.7. The van der Waals surface area contributed by atoms with Crippen LogP contribution in [0.25, 0.3) is 5.52 Å². The second-order valence-electron chi connectivity index (χ2n) is 5.88. The number of hydrogen-bond acceptors (Lipinski definition) is 5. The predicted octanol–water partition coefficient (Wildman–Crippen LogP) is 1.43. The number of rotatable bonds is 8. The van der Waals surface area contributed by atoms with Crippen LogP contribution in [-0.4, -0.2) is 46.4 Å². The fraction of sp³-hybridized carbons (Fsp3) is 0.263. The summed E-state index contributed by atoms with van der Waals surface area (Å²) in [6.45, 7) is 1.38. The molecular weight excluding hydrogens is 346 g/mol. The Hall–Kier alpha value is -3.26. The molecule has 0 saturated heterocycles. The number of amides is 2. The maximum atomic E-state index is 12.6. The Kier molecular flexibility index (Phi) is 6.11. The van der Waals surface area contributed by atoms with Gasteiger partial charge in [-0.15, -0.1) is 0 Å². The zero-order valence-electron chi connectivity index (χ0n) is 15.0. The van der Waals surface area contributed by atoms with Crippen LogP contribution in [0.15, 0.2) is 48.9 Å². The standard InChI is InChI=1S/C19H21N5O3/c1-27-12-4-8-21-19(26)17-23-16(15-5-2-3-11-24(15)17)18(25)22-13-14-6-9-20-10-7-14/h2-3,5-7,9-11H,4,8,12-13H2,1H3,(H,21,26)(H,22,25). The van der Waals surface area contributed by atoms with E-state index in [4.69, 9.17) is 4.74 Å². The van der Waals surface area contributed by atoms with Gasteiger partial charge in [0.1, 0.15) is 0 Å².